The van der Waals surface area contributed by atoms with E-state index in [1.807, 2.05) is 103 Å². The van der Waals surface area contributed by atoms with Crippen LogP contribution < -0.4 is 5.32 Å². The molecule has 1 unspecified atom stereocenters. The minimum atomic E-state index is -0.460. The van der Waals surface area contributed by atoms with Crippen LogP contribution in [0.4, 0.5) is 4.39 Å². The van der Waals surface area contributed by atoms with Crippen LogP contribution in [-0.2, 0) is 10.5 Å². The Hall–Kier alpha value is -4.23. The molecule has 1 heterocycles. The van der Waals surface area contributed by atoms with Crippen molar-refractivity contribution >= 4 is 17.7 Å². The Bertz CT molecular complexity index is 1480. The van der Waals surface area contributed by atoms with Gasteiger partial charge in [0.25, 0.3) is 0 Å². The van der Waals surface area contributed by atoms with Crippen LogP contribution in [0.25, 0.3) is 5.69 Å². The molecular weight excluding hydrogens is 507 g/mol. The fourth-order valence-corrected chi connectivity index (χ4v) is 5.38. The van der Waals surface area contributed by atoms with Crippen LogP contribution in [0.3, 0.4) is 0 Å². The molecule has 196 valence electrons. The van der Waals surface area contributed by atoms with E-state index >= 15 is 0 Å². The third kappa shape index (κ3) is 6.26. The molecule has 1 N–H and O–H groups in total. The Morgan fingerprint density at radius 1 is 0.846 bits per heavy atom. The molecule has 0 aliphatic rings. The number of aromatic nitrogens is 3. The maximum Gasteiger partial charge on any atom is 0.232 e. The number of amides is 1. The van der Waals surface area contributed by atoms with E-state index in [2.05, 4.69) is 15.5 Å². The van der Waals surface area contributed by atoms with Gasteiger partial charge in [0.2, 0.25) is 5.91 Å². The first kappa shape index (κ1) is 26.4. The summed E-state index contributed by atoms with van der Waals surface area (Å²) in [6.07, 6.45) is 0. The summed E-state index contributed by atoms with van der Waals surface area (Å²) in [5.41, 5.74) is 4.87. The summed E-state index contributed by atoms with van der Waals surface area (Å²) in [7, 11) is 0. The number of benzene rings is 4. The lowest BCUT2D eigenvalue weighted by molar-refractivity contribution is -0.122. The van der Waals surface area contributed by atoms with E-state index in [0.29, 0.717) is 16.7 Å². The molecule has 1 amide bonds. The third-order valence-electron chi connectivity index (χ3n) is 6.51. The number of carbonyl (C=O) groups excluding carboxylic acids is 1. The maximum atomic E-state index is 13.8. The molecule has 39 heavy (non-hydrogen) atoms. The fraction of sp³-hybridized carbons (Fsp3) is 0.156. The lowest BCUT2D eigenvalue weighted by Crippen LogP contribution is -2.33. The molecule has 0 fully saturated rings. The minimum absolute atomic E-state index is 0.112. The van der Waals surface area contributed by atoms with Gasteiger partial charge in [-0.15, -0.1) is 10.2 Å². The first-order valence-corrected chi connectivity index (χ1v) is 13.8. The first-order chi connectivity index (χ1) is 19.0. The Kier molecular flexibility index (Phi) is 8.18. The number of halogens is 1. The van der Waals surface area contributed by atoms with Crippen LogP contribution in [0.1, 0.15) is 47.0 Å². The molecule has 1 aromatic heterocycles. The van der Waals surface area contributed by atoms with Crippen molar-refractivity contribution in [1.82, 2.24) is 20.1 Å². The highest BCUT2D eigenvalue weighted by Gasteiger charge is 2.27. The van der Waals surface area contributed by atoms with Gasteiger partial charge in [-0.1, -0.05) is 102 Å². The van der Waals surface area contributed by atoms with Gasteiger partial charge in [-0.25, -0.2) is 4.39 Å². The van der Waals surface area contributed by atoms with Crippen molar-refractivity contribution in [3.8, 4) is 5.69 Å². The Balaban J connectivity index is 1.44. The van der Waals surface area contributed by atoms with Gasteiger partial charge in [0.05, 0.1) is 12.0 Å². The Morgan fingerprint density at radius 2 is 1.44 bits per heavy atom. The Labute approximate surface area is 232 Å². The van der Waals surface area contributed by atoms with Crippen molar-refractivity contribution in [3.05, 3.63) is 143 Å². The number of rotatable bonds is 9. The number of carbonyl (C=O) groups is 1. The van der Waals surface area contributed by atoms with Gasteiger partial charge < -0.3 is 5.32 Å². The highest BCUT2D eigenvalue weighted by molar-refractivity contribution is 7.98. The zero-order valence-electron chi connectivity index (χ0n) is 21.8. The van der Waals surface area contributed by atoms with E-state index in [9.17, 15) is 9.18 Å². The standard InChI is InChI=1S/C32H29FN4OS/c1-22-13-19-28(20-14-22)37-30(35-36-32(37)39-21-24-15-17-27(33)18-16-24)23(2)34-31(38)29(25-9-5-3-6-10-25)26-11-7-4-8-12-26/h3-20,23,29H,21H2,1-2H3,(H,34,38). The highest BCUT2D eigenvalue weighted by atomic mass is 32.2. The molecule has 0 aliphatic carbocycles. The van der Waals surface area contributed by atoms with E-state index in [-0.39, 0.29) is 11.7 Å². The highest BCUT2D eigenvalue weighted by Crippen LogP contribution is 2.30. The summed E-state index contributed by atoms with van der Waals surface area (Å²) in [4.78, 5) is 13.8. The van der Waals surface area contributed by atoms with E-state index in [1.54, 1.807) is 12.1 Å². The molecule has 4 aromatic carbocycles. The molecule has 0 saturated carbocycles. The molecule has 0 bridgehead atoms. The summed E-state index contributed by atoms with van der Waals surface area (Å²) in [6.45, 7) is 3.96. The minimum Gasteiger partial charge on any atom is -0.346 e. The number of nitrogens with one attached hydrogen (secondary N) is 1. The van der Waals surface area contributed by atoms with Gasteiger partial charge in [-0.05, 0) is 54.8 Å². The average Bonchev–Trinajstić information content (AvgIpc) is 3.39. The third-order valence-corrected chi connectivity index (χ3v) is 7.51. The first-order valence-electron chi connectivity index (χ1n) is 12.8. The molecule has 0 radical (unpaired) electrons. The molecule has 1 atom stereocenters. The van der Waals surface area contributed by atoms with Crippen LogP contribution in [-0.4, -0.2) is 20.7 Å². The van der Waals surface area contributed by atoms with E-state index < -0.39 is 12.0 Å². The zero-order valence-corrected chi connectivity index (χ0v) is 22.6. The van der Waals surface area contributed by atoms with Crippen molar-refractivity contribution in [2.45, 2.75) is 36.7 Å². The summed E-state index contributed by atoms with van der Waals surface area (Å²) in [5.74, 6) is 0.406. The maximum absolute atomic E-state index is 13.8. The lowest BCUT2D eigenvalue weighted by atomic mass is 9.90. The largest absolute Gasteiger partial charge is 0.346 e. The van der Waals surface area contributed by atoms with E-state index in [1.165, 1.54) is 23.9 Å². The van der Waals surface area contributed by atoms with Gasteiger partial charge in [-0.3, -0.25) is 9.36 Å². The number of thioether (sulfide) groups is 1. The van der Waals surface area contributed by atoms with Gasteiger partial charge in [0.15, 0.2) is 11.0 Å². The van der Waals surface area contributed by atoms with Gasteiger partial charge in [0.1, 0.15) is 5.82 Å². The van der Waals surface area contributed by atoms with Gasteiger partial charge >= 0.3 is 0 Å². The zero-order chi connectivity index (χ0) is 27.2. The number of nitrogens with zero attached hydrogens (tertiary/aromatic N) is 3. The molecule has 0 saturated heterocycles. The molecule has 7 heteroatoms. The molecule has 0 spiro atoms. The van der Waals surface area contributed by atoms with Crippen LogP contribution in [0.15, 0.2) is 114 Å². The number of hydrogen-bond donors (Lipinski definition) is 1. The predicted octanol–water partition coefficient (Wildman–Crippen LogP) is 7.02. The smallest absolute Gasteiger partial charge is 0.232 e. The van der Waals surface area contributed by atoms with Crippen molar-refractivity contribution in [2.75, 3.05) is 0 Å². The van der Waals surface area contributed by atoms with Gasteiger partial charge in [0, 0.05) is 11.4 Å². The normalized spacial score (nSPS) is 11.9. The van der Waals surface area contributed by atoms with E-state index in [0.717, 1.165) is 27.9 Å². The molecule has 5 aromatic rings. The summed E-state index contributed by atoms with van der Waals surface area (Å²) >= 11 is 1.52. The van der Waals surface area contributed by atoms with Crippen LogP contribution in [0.5, 0.6) is 0 Å². The summed E-state index contributed by atoms with van der Waals surface area (Å²) in [5, 5.41) is 12.9. The predicted molar refractivity (Wildman–Crippen MR) is 153 cm³/mol. The monoisotopic (exact) mass is 536 g/mol. The SMILES string of the molecule is Cc1ccc(-n2c(SCc3ccc(F)cc3)nnc2C(C)NC(=O)C(c2ccccc2)c2ccccc2)cc1. The van der Waals surface area contributed by atoms with Crippen LogP contribution in [0.2, 0.25) is 0 Å². The van der Waals surface area contributed by atoms with Crippen molar-refractivity contribution in [3.63, 3.8) is 0 Å². The fourth-order valence-electron chi connectivity index (χ4n) is 4.47. The van der Waals surface area contributed by atoms with Gasteiger partial charge in [-0.2, -0.15) is 0 Å². The number of hydrogen-bond acceptors (Lipinski definition) is 4. The second-order valence-electron chi connectivity index (χ2n) is 9.41. The average molecular weight is 537 g/mol. The van der Waals surface area contributed by atoms with Crippen LogP contribution in [0, 0.1) is 12.7 Å². The lowest BCUT2D eigenvalue weighted by Gasteiger charge is -2.21. The molecule has 0 aliphatic heterocycles. The topological polar surface area (TPSA) is 59.8 Å². The molecule has 5 nitrogen and oxygen atoms in total. The number of aryl methyl sites for hydroxylation is 1. The molecule has 5 rings (SSSR count). The van der Waals surface area contributed by atoms with Crippen LogP contribution >= 0.6 is 11.8 Å². The summed E-state index contributed by atoms with van der Waals surface area (Å²) in [6, 6.07) is 33.7. The molecular formula is C32H29FN4OS. The quantitative estimate of drug-likeness (QED) is 0.206. The Morgan fingerprint density at radius 3 is 2.03 bits per heavy atom. The second-order valence-corrected chi connectivity index (χ2v) is 10.4. The van der Waals surface area contributed by atoms with Crippen molar-refractivity contribution in [2.24, 2.45) is 0 Å². The second kappa shape index (κ2) is 12.1. The van der Waals surface area contributed by atoms with E-state index in [4.69, 9.17) is 0 Å². The van der Waals surface area contributed by atoms with Crippen molar-refractivity contribution < 1.29 is 9.18 Å². The van der Waals surface area contributed by atoms with Crippen molar-refractivity contribution in [1.29, 1.82) is 0 Å². The summed E-state index contributed by atoms with van der Waals surface area (Å²) < 4.78 is 15.4.